The summed E-state index contributed by atoms with van der Waals surface area (Å²) in [6, 6.07) is 16.9. The van der Waals surface area contributed by atoms with Gasteiger partial charge in [-0.2, -0.15) is 0 Å². The first-order valence-corrected chi connectivity index (χ1v) is 9.84. The zero-order valence-electron chi connectivity index (χ0n) is 15.7. The van der Waals surface area contributed by atoms with Crippen LogP contribution in [-0.2, 0) is 0 Å². The molecule has 2 aromatic carbocycles. The van der Waals surface area contributed by atoms with Crippen molar-refractivity contribution < 1.29 is 4.79 Å². The lowest BCUT2D eigenvalue weighted by atomic mass is 9.77. The van der Waals surface area contributed by atoms with Gasteiger partial charge in [0.15, 0.2) is 5.82 Å². The monoisotopic (exact) mass is 450 g/mol. The van der Waals surface area contributed by atoms with E-state index in [-0.39, 0.29) is 5.92 Å². The summed E-state index contributed by atoms with van der Waals surface area (Å²) in [7, 11) is 0. The van der Waals surface area contributed by atoms with Crippen molar-refractivity contribution in [1.82, 2.24) is 20.6 Å². The predicted molar refractivity (Wildman–Crippen MR) is 115 cm³/mol. The summed E-state index contributed by atoms with van der Waals surface area (Å²) in [6.07, 6.45) is 6.04. The Morgan fingerprint density at radius 1 is 1.17 bits per heavy atom. The van der Waals surface area contributed by atoms with E-state index in [1.54, 1.807) is 4.90 Å². The molecule has 146 valence electrons. The summed E-state index contributed by atoms with van der Waals surface area (Å²) in [5.41, 5.74) is 7.77. The van der Waals surface area contributed by atoms with Crippen LogP contribution in [-0.4, -0.2) is 32.2 Å². The number of carbonyl (C=O) groups is 1. The Labute approximate surface area is 176 Å². The number of anilines is 1. The molecule has 4 rings (SSSR count). The molecule has 0 fully saturated rings. The topological polar surface area (TPSA) is 101 Å². The van der Waals surface area contributed by atoms with Crippen LogP contribution in [0.1, 0.15) is 24.2 Å². The maximum atomic E-state index is 12.6. The Hall–Kier alpha value is -3.26. The van der Waals surface area contributed by atoms with Crippen molar-refractivity contribution in [2.75, 3.05) is 4.90 Å². The smallest absolute Gasteiger partial charge is 0.320 e. The Morgan fingerprint density at radius 2 is 1.90 bits per heavy atom. The van der Waals surface area contributed by atoms with Gasteiger partial charge in [0.25, 0.3) is 0 Å². The Bertz CT molecular complexity index is 1080. The zero-order valence-corrected chi connectivity index (χ0v) is 17.2. The molecule has 29 heavy (non-hydrogen) atoms. The van der Waals surface area contributed by atoms with Gasteiger partial charge in [-0.1, -0.05) is 60.7 Å². The summed E-state index contributed by atoms with van der Waals surface area (Å²) in [5.74, 6) is 0.195. The highest BCUT2D eigenvalue weighted by molar-refractivity contribution is 9.10. The second kappa shape index (κ2) is 7.63. The van der Waals surface area contributed by atoms with Crippen molar-refractivity contribution >= 4 is 33.2 Å². The number of hydrogen-bond acceptors (Lipinski definition) is 4. The van der Waals surface area contributed by atoms with E-state index in [2.05, 4.69) is 42.6 Å². The summed E-state index contributed by atoms with van der Waals surface area (Å²) >= 11 is 3.54. The maximum Gasteiger partial charge on any atom is 0.320 e. The van der Waals surface area contributed by atoms with Gasteiger partial charge in [0.2, 0.25) is 0 Å². The number of aromatic amines is 1. The fraction of sp³-hybridized carbons (Fsp3) is 0.143. The third-order valence-corrected chi connectivity index (χ3v) is 5.81. The first-order valence-electron chi connectivity index (χ1n) is 9.05. The van der Waals surface area contributed by atoms with E-state index in [1.807, 2.05) is 73.7 Å². The molecule has 8 heteroatoms. The molecule has 2 unspecified atom stereocenters. The number of nitrogens with zero attached hydrogens (tertiary/aromatic N) is 4. The van der Waals surface area contributed by atoms with Gasteiger partial charge in [-0.3, -0.25) is 4.90 Å². The molecule has 0 aliphatic heterocycles. The van der Waals surface area contributed by atoms with E-state index < -0.39 is 11.6 Å². The molecule has 2 atom stereocenters. The van der Waals surface area contributed by atoms with E-state index in [1.165, 1.54) is 0 Å². The van der Waals surface area contributed by atoms with Gasteiger partial charge in [-0.15, -0.1) is 5.10 Å². The van der Waals surface area contributed by atoms with Crippen LogP contribution < -0.4 is 10.6 Å². The molecule has 0 saturated carbocycles. The minimum Gasteiger partial charge on any atom is -0.351 e. The Balaban J connectivity index is 1.87. The molecule has 1 aromatic heterocycles. The number of para-hydroxylation sites is 1. The lowest BCUT2D eigenvalue weighted by Crippen LogP contribution is -2.55. The van der Waals surface area contributed by atoms with Crippen molar-refractivity contribution in [1.29, 1.82) is 0 Å². The average Bonchev–Trinajstić information content (AvgIpc) is 3.25. The number of hydrogen-bond donors (Lipinski definition) is 2. The molecular formula is C21H19BrN6O. The number of benzene rings is 2. The van der Waals surface area contributed by atoms with Crippen LogP contribution in [0.4, 0.5) is 10.5 Å². The number of allylic oxidation sites excluding steroid dienone is 2. The van der Waals surface area contributed by atoms with E-state index >= 15 is 0 Å². The van der Waals surface area contributed by atoms with Crippen LogP contribution in [0.3, 0.4) is 0 Å². The highest BCUT2D eigenvalue weighted by Crippen LogP contribution is 2.43. The second-order valence-corrected chi connectivity index (χ2v) is 7.79. The molecule has 1 aliphatic carbocycles. The molecule has 3 N–H and O–H groups in total. The second-order valence-electron chi connectivity index (χ2n) is 6.94. The third kappa shape index (κ3) is 3.47. The molecular weight excluding hydrogens is 432 g/mol. The van der Waals surface area contributed by atoms with E-state index in [9.17, 15) is 4.79 Å². The fourth-order valence-corrected chi connectivity index (χ4v) is 4.17. The van der Waals surface area contributed by atoms with Gasteiger partial charge < -0.3 is 5.73 Å². The SMILES string of the molecule is CC1(N(C(N)=O)c2ccccc2Br)C=CC(c2ccccc2)=CC1c1nnn[nH]1. The molecule has 0 spiro atoms. The van der Waals surface area contributed by atoms with Gasteiger partial charge in [-0.05, 0) is 56.5 Å². The third-order valence-electron chi connectivity index (χ3n) is 5.14. The molecule has 0 radical (unpaired) electrons. The van der Waals surface area contributed by atoms with E-state index in [0.29, 0.717) is 11.5 Å². The lowest BCUT2D eigenvalue weighted by molar-refractivity contribution is 0.248. The fourth-order valence-electron chi connectivity index (χ4n) is 3.71. The Morgan fingerprint density at radius 3 is 2.55 bits per heavy atom. The molecule has 2 amide bonds. The number of H-pyrrole nitrogens is 1. The van der Waals surface area contributed by atoms with Gasteiger partial charge >= 0.3 is 6.03 Å². The van der Waals surface area contributed by atoms with Gasteiger partial charge in [0.05, 0.1) is 17.1 Å². The van der Waals surface area contributed by atoms with Crippen molar-refractivity contribution in [2.45, 2.75) is 18.4 Å². The number of nitrogens with two attached hydrogens (primary N) is 1. The van der Waals surface area contributed by atoms with Crippen LogP contribution in [0.15, 0.2) is 77.3 Å². The summed E-state index contributed by atoms with van der Waals surface area (Å²) in [5, 5.41) is 14.5. The van der Waals surface area contributed by atoms with Crippen LogP contribution in [0.5, 0.6) is 0 Å². The Kier molecular flexibility index (Phi) is 5.02. The highest BCUT2D eigenvalue weighted by atomic mass is 79.9. The summed E-state index contributed by atoms with van der Waals surface area (Å²) in [4.78, 5) is 14.2. The van der Waals surface area contributed by atoms with Gasteiger partial charge in [-0.25, -0.2) is 9.89 Å². The number of nitrogens with one attached hydrogen (secondary N) is 1. The van der Waals surface area contributed by atoms with Gasteiger partial charge in [0.1, 0.15) is 0 Å². The molecule has 3 aromatic rings. The number of aromatic nitrogens is 4. The highest BCUT2D eigenvalue weighted by Gasteiger charge is 2.44. The van der Waals surface area contributed by atoms with Crippen LogP contribution in [0.2, 0.25) is 0 Å². The average molecular weight is 451 g/mol. The number of carbonyl (C=O) groups excluding carboxylic acids is 1. The predicted octanol–water partition coefficient (Wildman–Crippen LogP) is 4.04. The molecule has 0 bridgehead atoms. The lowest BCUT2D eigenvalue weighted by Gasteiger charge is -2.44. The minimum absolute atomic E-state index is 0.350. The van der Waals surface area contributed by atoms with E-state index in [0.717, 1.165) is 15.6 Å². The van der Waals surface area contributed by atoms with E-state index in [4.69, 9.17) is 5.73 Å². The number of halogens is 1. The first kappa shape index (κ1) is 19.1. The quantitative estimate of drug-likeness (QED) is 0.625. The van der Waals surface area contributed by atoms with Gasteiger partial charge in [0, 0.05) is 4.47 Å². The van der Waals surface area contributed by atoms with Crippen molar-refractivity contribution in [3.8, 4) is 0 Å². The number of tetrazole rings is 1. The first-order chi connectivity index (χ1) is 14.0. The molecule has 7 nitrogen and oxygen atoms in total. The standard InChI is InChI=1S/C21H19BrN6O/c1-21(28(20(23)29)18-10-6-5-9-17(18)22)12-11-15(14-7-3-2-4-8-14)13-16(21)19-24-26-27-25-19/h2-13,16H,1H3,(H2,23,29)(H,24,25,26,27). The number of urea groups is 1. The summed E-state index contributed by atoms with van der Waals surface area (Å²) < 4.78 is 0.765. The van der Waals surface area contributed by atoms with Crippen LogP contribution >= 0.6 is 15.9 Å². The van der Waals surface area contributed by atoms with Crippen LogP contribution in [0, 0.1) is 0 Å². The van der Waals surface area contributed by atoms with Crippen LogP contribution in [0.25, 0.3) is 5.57 Å². The molecule has 1 aliphatic rings. The number of rotatable bonds is 4. The van der Waals surface area contributed by atoms with Crippen molar-refractivity contribution in [2.24, 2.45) is 5.73 Å². The molecule has 1 heterocycles. The summed E-state index contributed by atoms with van der Waals surface area (Å²) in [6.45, 7) is 1.94. The normalized spacial score (nSPS) is 20.9. The zero-order chi connectivity index (χ0) is 20.4. The minimum atomic E-state index is -0.838. The number of amides is 2. The molecule has 0 saturated heterocycles. The largest absolute Gasteiger partial charge is 0.351 e. The van der Waals surface area contributed by atoms with Crippen molar-refractivity contribution in [3.05, 3.63) is 88.7 Å². The van der Waals surface area contributed by atoms with Crippen molar-refractivity contribution in [3.63, 3.8) is 0 Å². The number of primary amides is 1. The maximum absolute atomic E-state index is 12.6.